The van der Waals surface area contributed by atoms with Gasteiger partial charge in [0.15, 0.2) is 6.20 Å². The molecule has 0 N–H and O–H groups in total. The summed E-state index contributed by atoms with van der Waals surface area (Å²) < 4.78 is 24.5. The molecule has 2 heterocycles. The van der Waals surface area contributed by atoms with Crippen LogP contribution in [0.4, 0.5) is 4.39 Å². The van der Waals surface area contributed by atoms with E-state index in [1.165, 1.54) is 42.4 Å². The topological polar surface area (TPSA) is 17.0 Å². The molecule has 0 unspecified atom stereocenters. The Morgan fingerprint density at radius 3 is 2.36 bits per heavy atom. The fourth-order valence-corrected chi connectivity index (χ4v) is 6.92. The Bertz CT molecular complexity index is 1650. The third kappa shape index (κ3) is 3.18. The van der Waals surface area contributed by atoms with E-state index in [1.807, 2.05) is 12.1 Å². The van der Waals surface area contributed by atoms with E-state index in [2.05, 4.69) is 61.1 Å². The molecule has 0 aliphatic heterocycles. The first kappa shape index (κ1) is 21.8. The number of rotatable bonds is 3. The average Bonchev–Trinajstić information content (AvgIpc) is 3.64. The maximum absolute atomic E-state index is 15.7. The van der Waals surface area contributed by atoms with Gasteiger partial charge in [0.2, 0.25) is 5.69 Å². The molecule has 0 saturated heterocycles. The lowest BCUT2D eigenvalue weighted by atomic mass is 9.86. The van der Waals surface area contributed by atoms with Crippen molar-refractivity contribution in [3.63, 3.8) is 0 Å². The number of halogens is 1. The molecule has 1 saturated carbocycles. The van der Waals surface area contributed by atoms with E-state index in [0.29, 0.717) is 17.1 Å². The third-order valence-electron chi connectivity index (χ3n) is 8.66. The predicted molar refractivity (Wildman–Crippen MR) is 144 cm³/mol. The summed E-state index contributed by atoms with van der Waals surface area (Å²) in [5, 5.41) is 2.02. The minimum absolute atomic E-state index is 0.201. The van der Waals surface area contributed by atoms with E-state index in [-0.39, 0.29) is 5.82 Å². The van der Waals surface area contributed by atoms with E-state index in [4.69, 9.17) is 4.42 Å². The summed E-state index contributed by atoms with van der Waals surface area (Å²) in [6.07, 6.45) is 10.6. The normalized spacial score (nSPS) is 15.9. The first-order valence-corrected chi connectivity index (χ1v) is 13.4. The molecular formula is C33H31FNO+. The largest absolute Gasteiger partial charge is 0.454 e. The van der Waals surface area contributed by atoms with Gasteiger partial charge < -0.3 is 4.42 Å². The Balaban J connectivity index is 1.50. The average molecular weight is 477 g/mol. The van der Waals surface area contributed by atoms with Crippen LogP contribution in [-0.4, -0.2) is 0 Å². The summed E-state index contributed by atoms with van der Waals surface area (Å²) >= 11 is 0. The van der Waals surface area contributed by atoms with E-state index < -0.39 is 0 Å². The highest BCUT2D eigenvalue weighted by molar-refractivity contribution is 6.13. The smallest absolute Gasteiger partial charge is 0.216 e. The quantitative estimate of drug-likeness (QED) is 0.239. The number of hydrogen-bond acceptors (Lipinski definition) is 1. The molecule has 7 rings (SSSR count). The molecule has 2 aromatic heterocycles. The summed E-state index contributed by atoms with van der Waals surface area (Å²) in [4.78, 5) is 0. The number of furan rings is 1. The zero-order valence-corrected chi connectivity index (χ0v) is 21.0. The van der Waals surface area contributed by atoms with E-state index >= 15 is 4.39 Å². The molecule has 2 nitrogen and oxygen atoms in total. The Kier molecular flexibility index (Phi) is 5.02. The zero-order valence-electron chi connectivity index (χ0n) is 21.0. The summed E-state index contributed by atoms with van der Waals surface area (Å²) in [5.74, 6) is 0.475. The van der Waals surface area contributed by atoms with E-state index in [1.54, 1.807) is 6.07 Å². The second-order valence-corrected chi connectivity index (χ2v) is 10.7. The highest BCUT2D eigenvalue weighted by atomic mass is 19.1. The second kappa shape index (κ2) is 8.30. The fourth-order valence-electron chi connectivity index (χ4n) is 6.92. The van der Waals surface area contributed by atoms with Crippen LogP contribution in [0.3, 0.4) is 0 Å². The highest BCUT2D eigenvalue weighted by Crippen LogP contribution is 2.46. The SMILES string of the molecule is Cc1ccc2c(oc3c(-c4ccc(C5CCCC5)c5c4CCC5)c(F)ccc32)c1-c1cccc[n+]1C. The number of nitrogens with zero attached hydrogens (tertiary/aromatic N) is 1. The van der Waals surface area contributed by atoms with Crippen molar-refractivity contribution in [2.45, 2.75) is 57.8 Å². The van der Waals surface area contributed by atoms with Crippen LogP contribution < -0.4 is 4.57 Å². The maximum atomic E-state index is 15.7. The van der Waals surface area contributed by atoms with Gasteiger partial charge in [-0.3, -0.25) is 0 Å². The predicted octanol–water partition coefficient (Wildman–Crippen LogP) is 8.34. The van der Waals surface area contributed by atoms with E-state index in [0.717, 1.165) is 58.0 Å². The van der Waals surface area contributed by atoms with Gasteiger partial charge in [0.05, 0.1) is 11.1 Å². The summed E-state index contributed by atoms with van der Waals surface area (Å²) in [5.41, 5.74) is 10.8. The van der Waals surface area contributed by atoms with Gasteiger partial charge in [-0.15, -0.1) is 0 Å². The lowest BCUT2D eigenvalue weighted by Gasteiger charge is -2.18. The Hall–Kier alpha value is -3.46. The van der Waals surface area contributed by atoms with Gasteiger partial charge >= 0.3 is 0 Å². The van der Waals surface area contributed by atoms with Gasteiger partial charge in [-0.1, -0.05) is 37.1 Å². The minimum atomic E-state index is -0.201. The summed E-state index contributed by atoms with van der Waals surface area (Å²) in [6.45, 7) is 2.12. The van der Waals surface area contributed by atoms with Crippen molar-refractivity contribution in [1.29, 1.82) is 0 Å². The molecule has 3 heteroatoms. The first-order valence-electron chi connectivity index (χ1n) is 13.4. The summed E-state index contributed by atoms with van der Waals surface area (Å²) in [7, 11) is 2.05. The highest BCUT2D eigenvalue weighted by Gasteiger charge is 2.28. The van der Waals surface area contributed by atoms with Gasteiger partial charge in [-0.05, 0) is 91.0 Å². The number of aromatic nitrogens is 1. The van der Waals surface area contributed by atoms with Gasteiger partial charge in [0, 0.05) is 22.9 Å². The Morgan fingerprint density at radius 2 is 1.56 bits per heavy atom. The van der Waals surface area contributed by atoms with Crippen molar-refractivity contribution in [3.8, 4) is 22.4 Å². The van der Waals surface area contributed by atoms with Crippen molar-refractivity contribution in [3.05, 3.63) is 88.9 Å². The molecule has 0 atom stereocenters. The Morgan fingerprint density at radius 1 is 0.806 bits per heavy atom. The molecular weight excluding hydrogens is 445 g/mol. The lowest BCUT2D eigenvalue weighted by Crippen LogP contribution is -2.30. The van der Waals surface area contributed by atoms with Crippen LogP contribution in [-0.2, 0) is 19.9 Å². The van der Waals surface area contributed by atoms with Gasteiger partial charge in [0.25, 0.3) is 0 Å². The van der Waals surface area contributed by atoms with Gasteiger partial charge in [0.1, 0.15) is 24.0 Å². The molecule has 0 radical (unpaired) electrons. The first-order chi connectivity index (χ1) is 17.6. The molecule has 1 fully saturated rings. The maximum Gasteiger partial charge on any atom is 0.216 e. The van der Waals surface area contributed by atoms with E-state index in [9.17, 15) is 0 Å². The molecule has 0 amide bonds. The number of benzene rings is 3. The van der Waals surface area contributed by atoms with Crippen molar-refractivity contribution >= 4 is 21.9 Å². The lowest BCUT2D eigenvalue weighted by molar-refractivity contribution is -0.660. The molecule has 36 heavy (non-hydrogen) atoms. The van der Waals surface area contributed by atoms with Crippen LogP contribution in [0.25, 0.3) is 44.3 Å². The fraction of sp³-hybridized carbons (Fsp3) is 0.303. The van der Waals surface area contributed by atoms with Crippen LogP contribution in [0, 0.1) is 12.7 Å². The Labute approximate surface area is 211 Å². The molecule has 5 aromatic rings. The molecule has 0 spiro atoms. The number of hydrogen-bond donors (Lipinski definition) is 0. The number of aryl methyl sites for hydroxylation is 2. The van der Waals surface area contributed by atoms with Crippen LogP contribution >= 0.6 is 0 Å². The zero-order chi connectivity index (χ0) is 24.4. The van der Waals surface area contributed by atoms with Gasteiger partial charge in [-0.2, -0.15) is 0 Å². The standard InChI is InChI=1S/C33H31FNO/c1-20-13-14-26-27-17-18-28(34)31(33(27)36-32(26)30(20)29-12-5-6-19-35(29)2)25-16-15-22(21-8-3-4-9-21)23-10-7-11-24(23)25/h5-6,12-19,21H,3-4,7-11H2,1-2H3/q+1. The van der Waals surface area contributed by atoms with Crippen LogP contribution in [0.2, 0.25) is 0 Å². The summed E-state index contributed by atoms with van der Waals surface area (Å²) in [6, 6.07) is 18.5. The third-order valence-corrected chi connectivity index (χ3v) is 8.66. The molecule has 0 bridgehead atoms. The minimum Gasteiger partial charge on any atom is -0.454 e. The van der Waals surface area contributed by atoms with Crippen LogP contribution in [0.1, 0.15) is 60.3 Å². The van der Waals surface area contributed by atoms with Gasteiger partial charge in [-0.25, -0.2) is 8.96 Å². The molecule has 2 aliphatic rings. The number of fused-ring (bicyclic) bond motifs is 4. The van der Waals surface area contributed by atoms with Crippen molar-refractivity contribution in [2.75, 3.05) is 0 Å². The van der Waals surface area contributed by atoms with Crippen molar-refractivity contribution in [2.24, 2.45) is 7.05 Å². The van der Waals surface area contributed by atoms with Crippen LogP contribution in [0.15, 0.2) is 65.2 Å². The molecule has 2 aliphatic carbocycles. The van der Waals surface area contributed by atoms with Crippen molar-refractivity contribution < 1.29 is 13.4 Å². The van der Waals surface area contributed by atoms with Crippen molar-refractivity contribution in [1.82, 2.24) is 0 Å². The number of pyridine rings is 1. The molecule has 180 valence electrons. The second-order valence-electron chi connectivity index (χ2n) is 10.7. The van der Waals surface area contributed by atoms with Crippen LogP contribution in [0.5, 0.6) is 0 Å². The monoisotopic (exact) mass is 476 g/mol. The molecule has 3 aromatic carbocycles.